The van der Waals surface area contributed by atoms with Crippen molar-refractivity contribution in [2.24, 2.45) is 0 Å². The largest absolute Gasteiger partial charge is 0.416 e. The van der Waals surface area contributed by atoms with Gasteiger partial charge in [0, 0.05) is 23.5 Å². The smallest absolute Gasteiger partial charge is 0.349 e. The average molecular weight is 343 g/mol. The summed E-state index contributed by atoms with van der Waals surface area (Å²) in [6, 6.07) is 5.01. The van der Waals surface area contributed by atoms with E-state index >= 15 is 0 Å². The molecule has 1 unspecified atom stereocenters. The first-order valence-corrected chi connectivity index (χ1v) is 7.78. The zero-order valence-corrected chi connectivity index (χ0v) is 13.4. The second kappa shape index (κ2) is 7.10. The number of hydrogen-bond acceptors (Lipinski definition) is 4. The Kier molecular flexibility index (Phi) is 5.38. The molecular formula is C15H16F3N3OS. The zero-order valence-electron chi connectivity index (χ0n) is 12.6. The molecule has 0 aliphatic heterocycles. The standard InChI is InChI=1S/C15H16F3N3OS/c1-9(19-2)7-20-13(22)12-8-23-14(21-12)10-4-3-5-11(6-10)15(16,17)18/h3-6,8-9,19H,7H2,1-2H3,(H,20,22). The van der Waals surface area contributed by atoms with E-state index in [1.54, 1.807) is 13.1 Å². The van der Waals surface area contributed by atoms with E-state index in [2.05, 4.69) is 15.6 Å². The van der Waals surface area contributed by atoms with E-state index in [1.165, 1.54) is 11.4 Å². The van der Waals surface area contributed by atoms with Gasteiger partial charge in [0.2, 0.25) is 0 Å². The Bertz CT molecular complexity index is 685. The first kappa shape index (κ1) is 17.4. The number of nitrogens with one attached hydrogen (secondary N) is 2. The second-order valence-corrected chi connectivity index (χ2v) is 5.87. The molecule has 1 aromatic carbocycles. The molecule has 1 amide bonds. The number of nitrogens with zero attached hydrogens (tertiary/aromatic N) is 1. The van der Waals surface area contributed by atoms with Gasteiger partial charge in [-0.1, -0.05) is 12.1 Å². The molecule has 2 aromatic rings. The van der Waals surface area contributed by atoms with Crippen molar-refractivity contribution in [3.05, 3.63) is 40.9 Å². The fourth-order valence-corrected chi connectivity index (χ4v) is 2.57. The van der Waals surface area contributed by atoms with Crippen LogP contribution in [0.2, 0.25) is 0 Å². The Morgan fingerprint density at radius 3 is 2.78 bits per heavy atom. The van der Waals surface area contributed by atoms with Gasteiger partial charge in [-0.15, -0.1) is 11.3 Å². The maximum absolute atomic E-state index is 12.7. The molecule has 0 fully saturated rings. The van der Waals surface area contributed by atoms with Crippen molar-refractivity contribution in [2.45, 2.75) is 19.1 Å². The van der Waals surface area contributed by atoms with Gasteiger partial charge in [-0.2, -0.15) is 13.2 Å². The van der Waals surface area contributed by atoms with E-state index in [4.69, 9.17) is 0 Å². The molecule has 1 aromatic heterocycles. The normalized spacial score (nSPS) is 12.9. The van der Waals surface area contributed by atoms with Crippen molar-refractivity contribution >= 4 is 17.2 Å². The van der Waals surface area contributed by atoms with Crippen LogP contribution in [-0.4, -0.2) is 30.5 Å². The summed E-state index contributed by atoms with van der Waals surface area (Å²) in [5.41, 5.74) is -0.197. The number of alkyl halides is 3. The Hall–Kier alpha value is -1.93. The van der Waals surface area contributed by atoms with Gasteiger partial charge in [0.25, 0.3) is 5.91 Å². The van der Waals surface area contributed by atoms with Gasteiger partial charge < -0.3 is 10.6 Å². The lowest BCUT2D eigenvalue weighted by Crippen LogP contribution is -2.37. The van der Waals surface area contributed by atoms with Gasteiger partial charge in [0.1, 0.15) is 10.7 Å². The molecule has 124 valence electrons. The highest BCUT2D eigenvalue weighted by Crippen LogP contribution is 2.33. The second-order valence-electron chi connectivity index (χ2n) is 5.02. The van der Waals surface area contributed by atoms with Gasteiger partial charge in [-0.05, 0) is 26.1 Å². The number of carbonyl (C=O) groups excluding carboxylic acids is 1. The third-order valence-corrected chi connectivity index (χ3v) is 4.13. The molecule has 2 N–H and O–H groups in total. The van der Waals surface area contributed by atoms with E-state index in [9.17, 15) is 18.0 Å². The summed E-state index contributed by atoms with van der Waals surface area (Å²) in [6.07, 6.45) is -4.41. The molecule has 8 heteroatoms. The van der Waals surface area contributed by atoms with Crippen molar-refractivity contribution in [2.75, 3.05) is 13.6 Å². The Morgan fingerprint density at radius 2 is 2.13 bits per heavy atom. The Balaban J connectivity index is 2.15. The predicted molar refractivity (Wildman–Crippen MR) is 83.4 cm³/mol. The SMILES string of the molecule is CNC(C)CNC(=O)c1csc(-c2cccc(C(F)(F)F)c2)n1. The molecule has 4 nitrogen and oxygen atoms in total. The molecule has 0 saturated carbocycles. The van der Waals surface area contributed by atoms with Gasteiger partial charge >= 0.3 is 6.18 Å². The van der Waals surface area contributed by atoms with Crippen LogP contribution in [0.15, 0.2) is 29.6 Å². The minimum atomic E-state index is -4.41. The van der Waals surface area contributed by atoms with Crippen LogP contribution in [0, 0.1) is 0 Å². The topological polar surface area (TPSA) is 54.0 Å². The van der Waals surface area contributed by atoms with E-state index < -0.39 is 11.7 Å². The minimum Gasteiger partial charge on any atom is -0.349 e. The van der Waals surface area contributed by atoms with Gasteiger partial charge in [-0.3, -0.25) is 4.79 Å². The van der Waals surface area contributed by atoms with Crippen molar-refractivity contribution < 1.29 is 18.0 Å². The van der Waals surface area contributed by atoms with Gasteiger partial charge in [0.05, 0.1) is 5.56 Å². The molecular weight excluding hydrogens is 327 g/mol. The fraction of sp³-hybridized carbons (Fsp3) is 0.333. The van der Waals surface area contributed by atoms with Crippen LogP contribution >= 0.6 is 11.3 Å². The summed E-state index contributed by atoms with van der Waals surface area (Å²) in [5, 5.41) is 7.61. The third kappa shape index (κ3) is 4.52. The number of likely N-dealkylation sites (N-methyl/N-ethyl adjacent to an activating group) is 1. The number of thiazole rings is 1. The molecule has 0 spiro atoms. The molecule has 0 saturated heterocycles. The summed E-state index contributed by atoms with van der Waals surface area (Å²) in [6.45, 7) is 2.35. The summed E-state index contributed by atoms with van der Waals surface area (Å²) < 4.78 is 38.2. The van der Waals surface area contributed by atoms with E-state index in [0.717, 1.165) is 23.5 Å². The lowest BCUT2D eigenvalue weighted by molar-refractivity contribution is -0.137. The van der Waals surface area contributed by atoms with Crippen molar-refractivity contribution in [1.29, 1.82) is 0 Å². The van der Waals surface area contributed by atoms with E-state index in [0.29, 0.717) is 17.1 Å². The number of carbonyl (C=O) groups is 1. The van der Waals surface area contributed by atoms with Crippen LogP contribution in [0.25, 0.3) is 10.6 Å². The molecule has 0 aliphatic carbocycles. The van der Waals surface area contributed by atoms with Crippen LogP contribution < -0.4 is 10.6 Å². The monoisotopic (exact) mass is 343 g/mol. The third-order valence-electron chi connectivity index (χ3n) is 3.24. The van der Waals surface area contributed by atoms with Crippen LogP contribution in [-0.2, 0) is 6.18 Å². The first-order chi connectivity index (χ1) is 10.8. The fourth-order valence-electron chi connectivity index (χ4n) is 1.78. The number of hydrogen-bond donors (Lipinski definition) is 2. The lowest BCUT2D eigenvalue weighted by Gasteiger charge is -2.10. The Morgan fingerprint density at radius 1 is 1.39 bits per heavy atom. The number of halogens is 3. The van der Waals surface area contributed by atoms with Gasteiger partial charge in [0.15, 0.2) is 0 Å². The Labute approximate surface area is 135 Å². The van der Waals surface area contributed by atoms with Crippen LogP contribution in [0.5, 0.6) is 0 Å². The highest BCUT2D eigenvalue weighted by atomic mass is 32.1. The summed E-state index contributed by atoms with van der Waals surface area (Å²) in [7, 11) is 1.78. The zero-order chi connectivity index (χ0) is 17.0. The predicted octanol–water partition coefficient (Wildman–Crippen LogP) is 3.17. The summed E-state index contributed by atoms with van der Waals surface area (Å²) in [4.78, 5) is 16.1. The molecule has 1 atom stereocenters. The highest BCUT2D eigenvalue weighted by Gasteiger charge is 2.30. The van der Waals surface area contributed by atoms with Crippen molar-refractivity contribution in [1.82, 2.24) is 15.6 Å². The molecule has 1 heterocycles. The molecule has 0 aliphatic rings. The molecule has 0 bridgehead atoms. The lowest BCUT2D eigenvalue weighted by atomic mass is 10.1. The van der Waals surface area contributed by atoms with Crippen LogP contribution in [0.4, 0.5) is 13.2 Å². The van der Waals surface area contributed by atoms with Crippen LogP contribution in [0.1, 0.15) is 23.0 Å². The highest BCUT2D eigenvalue weighted by molar-refractivity contribution is 7.13. The summed E-state index contributed by atoms with van der Waals surface area (Å²) in [5.74, 6) is -0.346. The quantitative estimate of drug-likeness (QED) is 0.877. The number of aromatic nitrogens is 1. The van der Waals surface area contributed by atoms with Crippen LogP contribution in [0.3, 0.4) is 0 Å². The van der Waals surface area contributed by atoms with E-state index in [1.807, 2.05) is 6.92 Å². The minimum absolute atomic E-state index is 0.112. The van der Waals surface area contributed by atoms with Gasteiger partial charge in [-0.25, -0.2) is 4.98 Å². The van der Waals surface area contributed by atoms with Crippen molar-refractivity contribution in [3.63, 3.8) is 0 Å². The van der Waals surface area contributed by atoms with Crippen molar-refractivity contribution in [3.8, 4) is 10.6 Å². The first-order valence-electron chi connectivity index (χ1n) is 6.90. The summed E-state index contributed by atoms with van der Waals surface area (Å²) >= 11 is 1.14. The molecule has 0 radical (unpaired) electrons. The number of rotatable bonds is 5. The number of benzene rings is 1. The maximum atomic E-state index is 12.7. The average Bonchev–Trinajstić information content (AvgIpc) is 3.01. The number of amides is 1. The molecule has 23 heavy (non-hydrogen) atoms. The maximum Gasteiger partial charge on any atom is 0.416 e. The van der Waals surface area contributed by atoms with E-state index in [-0.39, 0.29) is 17.6 Å². The molecule has 2 rings (SSSR count).